The van der Waals surface area contributed by atoms with Crippen LogP contribution in [0.1, 0.15) is 88.4 Å². The number of methoxy groups -OCH3 is 1. The smallest absolute Gasteiger partial charge is 0.232 e. The first kappa shape index (κ1) is 33.6. The molecule has 1 N–H and O–H groups in total. The number of carbonyl (C=O) groups excluding carboxylic acids is 2. The van der Waals surface area contributed by atoms with Gasteiger partial charge in [-0.1, -0.05) is 37.6 Å². The number of anilines is 2. The Morgan fingerprint density at radius 1 is 1.02 bits per heavy atom. The Kier molecular flexibility index (Phi) is 11.2. The maximum atomic E-state index is 13.9. The van der Waals surface area contributed by atoms with Crippen molar-refractivity contribution < 1.29 is 19.1 Å². The molecule has 1 aliphatic heterocycles. The van der Waals surface area contributed by atoms with Gasteiger partial charge in [0.15, 0.2) is 11.5 Å². The third kappa shape index (κ3) is 7.80. The van der Waals surface area contributed by atoms with Crippen molar-refractivity contribution >= 4 is 34.8 Å². The molecule has 0 aromatic heterocycles. The van der Waals surface area contributed by atoms with Crippen molar-refractivity contribution in [1.29, 1.82) is 0 Å². The number of nitrogens with one attached hydrogen (secondary N) is 1. The maximum Gasteiger partial charge on any atom is 0.232 e. The van der Waals surface area contributed by atoms with E-state index in [4.69, 9.17) is 21.1 Å². The van der Waals surface area contributed by atoms with Gasteiger partial charge in [-0.15, -0.1) is 0 Å². The molecule has 3 aromatic carbocycles. The van der Waals surface area contributed by atoms with E-state index in [9.17, 15) is 9.59 Å². The van der Waals surface area contributed by atoms with Crippen molar-refractivity contribution in [3.8, 4) is 11.5 Å². The van der Waals surface area contributed by atoms with Gasteiger partial charge in [-0.05, 0) is 117 Å². The fourth-order valence-corrected chi connectivity index (χ4v) is 6.88. The molecule has 0 spiro atoms. The summed E-state index contributed by atoms with van der Waals surface area (Å²) < 4.78 is 12.0. The van der Waals surface area contributed by atoms with Crippen LogP contribution in [0.5, 0.6) is 11.5 Å². The first-order valence-electron chi connectivity index (χ1n) is 16.8. The fourth-order valence-electron chi connectivity index (χ4n) is 6.75. The van der Waals surface area contributed by atoms with Crippen molar-refractivity contribution in [2.75, 3.05) is 30.5 Å². The Balaban J connectivity index is 1.37. The molecule has 2 unspecified atom stereocenters. The van der Waals surface area contributed by atoms with Crippen LogP contribution >= 0.6 is 11.6 Å². The summed E-state index contributed by atoms with van der Waals surface area (Å²) in [6.07, 6.45) is 6.93. The lowest BCUT2D eigenvalue weighted by molar-refractivity contribution is -0.122. The quantitative estimate of drug-likeness (QED) is 0.215. The Bertz CT molecular complexity index is 1490. The lowest BCUT2D eigenvalue weighted by Gasteiger charge is -2.38. The van der Waals surface area contributed by atoms with E-state index in [0.29, 0.717) is 34.9 Å². The number of ether oxygens (including phenoxy) is 2. The molecular formula is C38H48ClN3O4. The van der Waals surface area contributed by atoms with Gasteiger partial charge in [0.25, 0.3) is 0 Å². The normalized spacial score (nSPS) is 20.1. The van der Waals surface area contributed by atoms with Crippen LogP contribution in [-0.4, -0.2) is 44.7 Å². The first-order chi connectivity index (χ1) is 22.2. The number of fused-ring (bicyclic) bond motifs is 1. The van der Waals surface area contributed by atoms with E-state index in [1.165, 1.54) is 0 Å². The lowest BCUT2D eigenvalue weighted by Crippen LogP contribution is -2.41. The summed E-state index contributed by atoms with van der Waals surface area (Å²) in [5.41, 5.74) is 4.88. The summed E-state index contributed by atoms with van der Waals surface area (Å²) in [6.45, 7) is 7.13. The number of rotatable bonds is 12. The predicted octanol–water partition coefficient (Wildman–Crippen LogP) is 8.12. The maximum absolute atomic E-state index is 13.9. The van der Waals surface area contributed by atoms with Crippen molar-refractivity contribution in [3.63, 3.8) is 0 Å². The molecule has 0 saturated heterocycles. The van der Waals surface area contributed by atoms with Crippen LogP contribution in [0, 0.1) is 5.92 Å². The highest BCUT2D eigenvalue weighted by Gasteiger charge is 2.36. The van der Waals surface area contributed by atoms with Gasteiger partial charge in [-0.2, -0.15) is 0 Å². The SMILES string of the molecule is CCCC(=O)NC1CCC(CN(C)c2ccc(N3C(=O)Cc4cc(OC)c(OC(C)CC)cc4C3c3ccc(Cl)cc3)cc2)CC1. The van der Waals surface area contributed by atoms with Crippen LogP contribution in [0.4, 0.5) is 11.4 Å². The van der Waals surface area contributed by atoms with Gasteiger partial charge in [0.1, 0.15) is 0 Å². The van der Waals surface area contributed by atoms with Crippen molar-refractivity contribution in [2.45, 2.75) is 90.3 Å². The van der Waals surface area contributed by atoms with E-state index < -0.39 is 0 Å². The second-order valence-corrected chi connectivity index (χ2v) is 13.3. The van der Waals surface area contributed by atoms with E-state index >= 15 is 0 Å². The standard InChI is InChI=1S/C38H48ClN3O4/c1-6-8-36(43)40-30-15-9-26(10-16-30)24-41(4)31-17-19-32(20-18-31)42-37(44)22-28-21-34(45-5)35(46-25(3)7-2)23-33(28)38(42)27-11-13-29(39)14-12-27/h11-14,17-21,23,25-26,30,38H,6-10,15-16,22,24H2,1-5H3,(H,40,43). The number of carbonyl (C=O) groups is 2. The molecule has 2 amide bonds. The Morgan fingerprint density at radius 2 is 1.72 bits per heavy atom. The highest BCUT2D eigenvalue weighted by molar-refractivity contribution is 6.30. The zero-order valence-corrected chi connectivity index (χ0v) is 28.6. The van der Waals surface area contributed by atoms with Crippen LogP contribution in [0.15, 0.2) is 60.7 Å². The zero-order chi connectivity index (χ0) is 32.8. The monoisotopic (exact) mass is 645 g/mol. The minimum absolute atomic E-state index is 0.0218. The first-order valence-corrected chi connectivity index (χ1v) is 17.1. The number of nitrogens with zero attached hydrogens (tertiary/aromatic N) is 2. The molecule has 246 valence electrons. The summed E-state index contributed by atoms with van der Waals surface area (Å²) in [5.74, 6) is 2.10. The highest BCUT2D eigenvalue weighted by Crippen LogP contribution is 2.44. The topological polar surface area (TPSA) is 71.1 Å². The molecule has 0 bridgehead atoms. The van der Waals surface area contributed by atoms with Gasteiger partial charge in [0.05, 0.1) is 25.7 Å². The molecular weight excluding hydrogens is 598 g/mol. The molecule has 7 nitrogen and oxygen atoms in total. The second-order valence-electron chi connectivity index (χ2n) is 12.9. The number of hydrogen-bond donors (Lipinski definition) is 1. The Hall–Kier alpha value is -3.71. The largest absolute Gasteiger partial charge is 0.493 e. The molecule has 0 radical (unpaired) electrons. The average molecular weight is 646 g/mol. The number of benzene rings is 3. The number of hydrogen-bond acceptors (Lipinski definition) is 5. The molecule has 1 saturated carbocycles. The molecule has 1 heterocycles. The van der Waals surface area contributed by atoms with Crippen molar-refractivity contribution in [2.24, 2.45) is 5.92 Å². The third-order valence-electron chi connectivity index (χ3n) is 9.47. The van der Waals surface area contributed by atoms with E-state index in [-0.39, 0.29) is 30.4 Å². The van der Waals surface area contributed by atoms with Crippen molar-refractivity contribution in [1.82, 2.24) is 5.32 Å². The van der Waals surface area contributed by atoms with Gasteiger partial charge in [-0.25, -0.2) is 0 Å². The summed E-state index contributed by atoms with van der Waals surface area (Å²) >= 11 is 6.29. The van der Waals surface area contributed by atoms with E-state index in [2.05, 4.69) is 48.5 Å². The number of amides is 2. The average Bonchev–Trinajstić information content (AvgIpc) is 3.05. The van der Waals surface area contributed by atoms with Gasteiger partial charge >= 0.3 is 0 Å². The van der Waals surface area contributed by atoms with Crippen LogP contribution in [0.2, 0.25) is 5.02 Å². The second kappa shape index (κ2) is 15.3. The van der Waals surface area contributed by atoms with Crippen LogP contribution in [0.3, 0.4) is 0 Å². The van der Waals surface area contributed by atoms with Gasteiger partial charge < -0.3 is 24.6 Å². The fraction of sp³-hybridized carbons (Fsp3) is 0.474. The Morgan fingerprint density at radius 3 is 2.35 bits per heavy atom. The van der Waals surface area contributed by atoms with Crippen LogP contribution in [-0.2, 0) is 16.0 Å². The molecule has 8 heteroatoms. The number of halogens is 1. The van der Waals surface area contributed by atoms with Gasteiger partial charge in [0.2, 0.25) is 11.8 Å². The molecule has 1 aliphatic carbocycles. The molecule has 2 atom stereocenters. The Labute approximate surface area is 279 Å². The summed E-state index contributed by atoms with van der Waals surface area (Å²) in [7, 11) is 3.77. The minimum Gasteiger partial charge on any atom is -0.493 e. The summed E-state index contributed by atoms with van der Waals surface area (Å²) in [6, 6.07) is 20.0. The minimum atomic E-state index is -0.352. The van der Waals surface area contributed by atoms with Crippen molar-refractivity contribution in [3.05, 3.63) is 82.4 Å². The summed E-state index contributed by atoms with van der Waals surface area (Å²) in [4.78, 5) is 30.2. The van der Waals surface area contributed by atoms with Crippen LogP contribution in [0.25, 0.3) is 0 Å². The van der Waals surface area contributed by atoms with E-state index in [1.807, 2.05) is 55.1 Å². The lowest BCUT2D eigenvalue weighted by atomic mass is 9.85. The van der Waals surface area contributed by atoms with E-state index in [0.717, 1.165) is 73.1 Å². The van der Waals surface area contributed by atoms with Gasteiger partial charge in [-0.3, -0.25) is 9.59 Å². The van der Waals surface area contributed by atoms with E-state index in [1.54, 1.807) is 7.11 Å². The molecule has 2 aliphatic rings. The van der Waals surface area contributed by atoms with Crippen LogP contribution < -0.4 is 24.6 Å². The molecule has 3 aromatic rings. The molecule has 5 rings (SSSR count). The molecule has 1 fully saturated rings. The predicted molar refractivity (Wildman–Crippen MR) is 186 cm³/mol. The highest BCUT2D eigenvalue weighted by atomic mass is 35.5. The zero-order valence-electron chi connectivity index (χ0n) is 27.9. The molecule has 46 heavy (non-hydrogen) atoms. The van der Waals surface area contributed by atoms with Gasteiger partial charge in [0, 0.05) is 42.5 Å². The third-order valence-corrected chi connectivity index (χ3v) is 9.72. The summed E-state index contributed by atoms with van der Waals surface area (Å²) in [5, 5.41) is 3.85.